The Morgan fingerprint density at radius 2 is 2.22 bits per heavy atom. The first kappa shape index (κ1) is 12.6. The van der Waals surface area contributed by atoms with E-state index in [1.54, 1.807) is 11.1 Å². The summed E-state index contributed by atoms with van der Waals surface area (Å²) in [4.78, 5) is 18.0. The van der Waals surface area contributed by atoms with Gasteiger partial charge in [-0.15, -0.1) is 0 Å². The average molecular weight is 246 g/mol. The van der Waals surface area contributed by atoms with Crippen molar-refractivity contribution in [3.8, 4) is 0 Å². The number of ether oxygens (including phenoxy) is 1. The van der Waals surface area contributed by atoms with Crippen LogP contribution in [0.1, 0.15) is 32.9 Å². The van der Waals surface area contributed by atoms with Crippen LogP contribution in [0.5, 0.6) is 0 Å². The van der Waals surface area contributed by atoms with E-state index in [4.69, 9.17) is 4.74 Å². The molecule has 0 unspecified atom stereocenters. The van der Waals surface area contributed by atoms with Gasteiger partial charge in [-0.25, -0.2) is 4.79 Å². The summed E-state index contributed by atoms with van der Waals surface area (Å²) < 4.78 is 5.40. The fraction of sp³-hybridized carbons (Fsp3) is 0.429. The summed E-state index contributed by atoms with van der Waals surface area (Å²) in [5, 5.41) is 0. The van der Waals surface area contributed by atoms with E-state index >= 15 is 0 Å². The van der Waals surface area contributed by atoms with Crippen LogP contribution in [0.4, 0.5) is 10.5 Å². The Morgan fingerprint density at radius 3 is 2.89 bits per heavy atom. The number of carbonyl (C=O) groups is 1. The molecule has 0 radical (unpaired) electrons. The third-order valence-electron chi connectivity index (χ3n) is 2.66. The predicted molar refractivity (Wildman–Crippen MR) is 71.5 cm³/mol. The van der Waals surface area contributed by atoms with E-state index in [1.807, 2.05) is 32.9 Å². The molecule has 0 saturated heterocycles. The first-order valence-corrected chi connectivity index (χ1v) is 6.02. The molecule has 1 aliphatic rings. The highest BCUT2D eigenvalue weighted by Crippen LogP contribution is 2.32. The number of nitrogens with zero attached hydrogens (tertiary/aromatic N) is 2. The van der Waals surface area contributed by atoms with Gasteiger partial charge in [-0.1, -0.05) is 6.58 Å². The average Bonchev–Trinajstić information content (AvgIpc) is 2.27. The molecule has 0 atom stereocenters. The molecule has 0 spiro atoms. The van der Waals surface area contributed by atoms with Gasteiger partial charge >= 0.3 is 6.09 Å². The summed E-state index contributed by atoms with van der Waals surface area (Å²) >= 11 is 0. The Hall–Kier alpha value is -1.84. The summed E-state index contributed by atoms with van der Waals surface area (Å²) in [6.07, 6.45) is 2.11. The van der Waals surface area contributed by atoms with Crippen molar-refractivity contribution in [2.45, 2.75) is 32.8 Å². The molecule has 1 aromatic heterocycles. The van der Waals surface area contributed by atoms with Crippen LogP contribution in [0.15, 0.2) is 24.9 Å². The Kier molecular flexibility index (Phi) is 3.11. The van der Waals surface area contributed by atoms with E-state index in [1.165, 1.54) is 0 Å². The molecule has 0 saturated carbocycles. The highest BCUT2D eigenvalue weighted by Gasteiger charge is 2.28. The van der Waals surface area contributed by atoms with Crippen LogP contribution < -0.4 is 4.90 Å². The van der Waals surface area contributed by atoms with E-state index in [2.05, 4.69) is 11.6 Å². The maximum absolute atomic E-state index is 12.1. The van der Waals surface area contributed by atoms with Crippen LogP contribution in [0.25, 0.3) is 5.57 Å². The minimum absolute atomic E-state index is 0.329. The van der Waals surface area contributed by atoms with Crippen LogP contribution >= 0.6 is 0 Å². The first-order chi connectivity index (χ1) is 8.38. The standard InChI is InChI=1S/C14H18N2O2/c1-10-7-9-16(13(17)18-14(2,3)4)11-6-5-8-15-12(10)11/h5-6,8H,1,7,9H2,2-4H3. The molecule has 96 valence electrons. The third kappa shape index (κ3) is 2.53. The summed E-state index contributed by atoms with van der Waals surface area (Å²) in [6, 6.07) is 3.69. The van der Waals surface area contributed by atoms with Gasteiger partial charge in [0, 0.05) is 12.7 Å². The van der Waals surface area contributed by atoms with Crippen LogP contribution in [-0.4, -0.2) is 23.2 Å². The lowest BCUT2D eigenvalue weighted by Gasteiger charge is -2.31. The fourth-order valence-electron chi connectivity index (χ4n) is 1.88. The molecular weight excluding hydrogens is 228 g/mol. The number of amides is 1. The summed E-state index contributed by atoms with van der Waals surface area (Å²) in [6.45, 7) is 10.1. The van der Waals surface area contributed by atoms with Crippen molar-refractivity contribution in [1.82, 2.24) is 4.98 Å². The van der Waals surface area contributed by atoms with Gasteiger partial charge in [0.1, 0.15) is 5.60 Å². The number of anilines is 1. The molecule has 1 aromatic rings. The highest BCUT2D eigenvalue weighted by atomic mass is 16.6. The van der Waals surface area contributed by atoms with E-state index in [0.717, 1.165) is 23.4 Å². The van der Waals surface area contributed by atoms with Gasteiger partial charge in [-0.2, -0.15) is 0 Å². The Labute approximate surface area is 107 Å². The monoisotopic (exact) mass is 246 g/mol. The lowest BCUT2D eigenvalue weighted by Crippen LogP contribution is -2.39. The third-order valence-corrected chi connectivity index (χ3v) is 2.66. The number of pyridine rings is 1. The van der Waals surface area contributed by atoms with Crippen LogP contribution in [0.2, 0.25) is 0 Å². The molecule has 0 aliphatic carbocycles. The molecule has 0 aromatic carbocycles. The number of hydrogen-bond donors (Lipinski definition) is 0. The molecule has 1 aliphatic heterocycles. The largest absolute Gasteiger partial charge is 0.443 e. The molecule has 1 amide bonds. The predicted octanol–water partition coefficient (Wildman–Crippen LogP) is 3.24. The minimum atomic E-state index is -0.492. The van der Waals surface area contributed by atoms with Crippen LogP contribution in [0.3, 0.4) is 0 Å². The Balaban J connectivity index is 2.29. The van der Waals surface area contributed by atoms with Crippen LogP contribution in [-0.2, 0) is 4.74 Å². The zero-order valence-electron chi connectivity index (χ0n) is 11.1. The maximum Gasteiger partial charge on any atom is 0.414 e. The fourth-order valence-corrected chi connectivity index (χ4v) is 1.88. The van der Waals surface area contributed by atoms with Crippen molar-refractivity contribution in [2.75, 3.05) is 11.4 Å². The molecule has 0 bridgehead atoms. The molecule has 2 rings (SSSR count). The lowest BCUT2D eigenvalue weighted by atomic mass is 10.0. The SMILES string of the molecule is C=C1CCN(C(=O)OC(C)(C)C)c2cccnc21. The van der Waals surface area contributed by atoms with Crippen molar-refractivity contribution in [2.24, 2.45) is 0 Å². The molecule has 0 N–H and O–H groups in total. The quantitative estimate of drug-likeness (QED) is 0.705. The molecule has 4 heteroatoms. The van der Waals surface area contributed by atoms with Crippen molar-refractivity contribution in [3.63, 3.8) is 0 Å². The van der Waals surface area contributed by atoms with Gasteiger partial charge in [0.05, 0.1) is 11.4 Å². The summed E-state index contributed by atoms with van der Waals surface area (Å²) in [5.41, 5.74) is 2.04. The normalized spacial score (nSPS) is 15.3. The van der Waals surface area contributed by atoms with Gasteiger partial charge in [0.2, 0.25) is 0 Å². The Morgan fingerprint density at radius 1 is 1.50 bits per heavy atom. The van der Waals surface area contributed by atoms with Crippen molar-refractivity contribution >= 4 is 17.4 Å². The van der Waals surface area contributed by atoms with Crippen molar-refractivity contribution in [1.29, 1.82) is 0 Å². The minimum Gasteiger partial charge on any atom is -0.443 e. The number of aromatic nitrogens is 1. The molecule has 0 fully saturated rings. The zero-order chi connectivity index (χ0) is 13.3. The van der Waals surface area contributed by atoms with Gasteiger partial charge in [-0.3, -0.25) is 9.88 Å². The van der Waals surface area contributed by atoms with E-state index in [-0.39, 0.29) is 6.09 Å². The zero-order valence-corrected chi connectivity index (χ0v) is 11.1. The van der Waals surface area contributed by atoms with Gasteiger partial charge in [0.15, 0.2) is 0 Å². The first-order valence-electron chi connectivity index (χ1n) is 6.02. The Bertz CT molecular complexity index is 489. The van der Waals surface area contributed by atoms with E-state index in [9.17, 15) is 4.79 Å². The smallest absolute Gasteiger partial charge is 0.414 e. The molecule has 4 nitrogen and oxygen atoms in total. The topological polar surface area (TPSA) is 42.4 Å². The second kappa shape index (κ2) is 4.44. The second-order valence-corrected chi connectivity index (χ2v) is 5.36. The van der Waals surface area contributed by atoms with E-state index < -0.39 is 5.60 Å². The van der Waals surface area contributed by atoms with Gasteiger partial charge in [0.25, 0.3) is 0 Å². The van der Waals surface area contributed by atoms with Gasteiger partial charge < -0.3 is 4.74 Å². The highest BCUT2D eigenvalue weighted by molar-refractivity contribution is 5.93. The molecular formula is C14H18N2O2. The molecule has 2 heterocycles. The van der Waals surface area contributed by atoms with E-state index in [0.29, 0.717) is 6.54 Å². The van der Waals surface area contributed by atoms with Crippen molar-refractivity contribution < 1.29 is 9.53 Å². The maximum atomic E-state index is 12.1. The number of hydrogen-bond acceptors (Lipinski definition) is 3. The van der Waals surface area contributed by atoms with Gasteiger partial charge in [-0.05, 0) is 44.9 Å². The second-order valence-electron chi connectivity index (χ2n) is 5.36. The number of carbonyl (C=O) groups excluding carboxylic acids is 1. The van der Waals surface area contributed by atoms with Crippen LogP contribution in [0, 0.1) is 0 Å². The van der Waals surface area contributed by atoms with Crippen molar-refractivity contribution in [3.05, 3.63) is 30.6 Å². The summed E-state index contributed by atoms with van der Waals surface area (Å²) in [7, 11) is 0. The number of rotatable bonds is 0. The lowest BCUT2D eigenvalue weighted by molar-refractivity contribution is 0.0580. The molecule has 18 heavy (non-hydrogen) atoms. The number of fused-ring (bicyclic) bond motifs is 1. The summed E-state index contributed by atoms with van der Waals surface area (Å²) in [5.74, 6) is 0.